The summed E-state index contributed by atoms with van der Waals surface area (Å²) < 4.78 is 11.2. The van der Waals surface area contributed by atoms with Gasteiger partial charge in [-0.05, 0) is 37.1 Å². The molecule has 1 aliphatic heterocycles. The first-order valence-corrected chi connectivity index (χ1v) is 7.62. The molecule has 0 saturated carbocycles. The Morgan fingerprint density at radius 2 is 1.96 bits per heavy atom. The molecule has 0 atom stereocenters. The van der Waals surface area contributed by atoms with Crippen LogP contribution in [0.2, 0.25) is 0 Å². The van der Waals surface area contributed by atoms with Crippen LogP contribution in [-0.2, 0) is 0 Å². The van der Waals surface area contributed by atoms with Crippen LogP contribution in [0, 0.1) is 6.92 Å². The lowest BCUT2D eigenvalue weighted by molar-refractivity contribution is 0.101. The van der Waals surface area contributed by atoms with Gasteiger partial charge in [0.05, 0.1) is 12.2 Å². The van der Waals surface area contributed by atoms with E-state index < -0.39 is 0 Å². The molecule has 0 N–H and O–H groups in total. The number of benzene rings is 2. The number of fused-ring (bicyclic) bond motifs is 1. The highest BCUT2D eigenvalue weighted by Crippen LogP contribution is 2.36. The van der Waals surface area contributed by atoms with E-state index in [1.54, 1.807) is 12.1 Å². The van der Waals surface area contributed by atoms with E-state index in [-0.39, 0.29) is 5.78 Å². The summed E-state index contributed by atoms with van der Waals surface area (Å²) >= 11 is 0. The summed E-state index contributed by atoms with van der Waals surface area (Å²) in [4.78, 5) is 12.5. The van der Waals surface area contributed by atoms with E-state index in [1.165, 1.54) is 0 Å². The van der Waals surface area contributed by atoms with Crippen LogP contribution in [0.3, 0.4) is 0 Å². The first-order valence-electron chi connectivity index (χ1n) is 7.62. The number of allylic oxidation sites excluding steroid dienone is 3. The van der Waals surface area contributed by atoms with E-state index in [2.05, 4.69) is 0 Å². The molecular weight excluding hydrogens is 288 g/mol. The Morgan fingerprint density at radius 1 is 1.17 bits per heavy atom. The maximum atomic E-state index is 12.5. The lowest BCUT2D eigenvalue weighted by atomic mass is 10.0. The molecule has 0 amide bonds. The lowest BCUT2D eigenvalue weighted by Crippen LogP contribution is -1.99. The van der Waals surface area contributed by atoms with Gasteiger partial charge in [-0.1, -0.05) is 42.5 Å². The van der Waals surface area contributed by atoms with Crippen LogP contribution < -0.4 is 9.47 Å². The molecule has 23 heavy (non-hydrogen) atoms. The van der Waals surface area contributed by atoms with Crippen molar-refractivity contribution in [2.45, 2.75) is 13.8 Å². The standard InChI is InChI=1S/C20H18O3/c1-3-22-16-12-14(2)19-18(13-16)23-17(20(19)21)11-7-10-15-8-5-4-6-9-15/h4-13H,3H2,1-2H3/b10-7+,17-11-. The molecule has 0 fully saturated rings. The average Bonchev–Trinajstić information content (AvgIpc) is 2.85. The van der Waals surface area contributed by atoms with Crippen molar-refractivity contribution < 1.29 is 14.3 Å². The number of Topliss-reactive ketones (excluding diaryl/α,β-unsaturated/α-hetero) is 1. The van der Waals surface area contributed by atoms with Crippen molar-refractivity contribution in [2.24, 2.45) is 0 Å². The minimum atomic E-state index is -0.0849. The lowest BCUT2D eigenvalue weighted by Gasteiger charge is -2.06. The largest absolute Gasteiger partial charge is 0.494 e. The van der Waals surface area contributed by atoms with Crippen LogP contribution in [0.15, 0.2) is 60.4 Å². The monoisotopic (exact) mass is 306 g/mol. The van der Waals surface area contributed by atoms with Gasteiger partial charge in [0.25, 0.3) is 0 Å². The van der Waals surface area contributed by atoms with Crippen molar-refractivity contribution in [3.63, 3.8) is 0 Å². The summed E-state index contributed by atoms with van der Waals surface area (Å²) in [6.07, 6.45) is 5.47. The maximum Gasteiger partial charge on any atom is 0.232 e. The van der Waals surface area contributed by atoms with E-state index in [1.807, 2.05) is 62.4 Å². The highest BCUT2D eigenvalue weighted by atomic mass is 16.5. The van der Waals surface area contributed by atoms with Gasteiger partial charge in [-0.3, -0.25) is 4.79 Å². The molecule has 0 radical (unpaired) electrons. The summed E-state index contributed by atoms with van der Waals surface area (Å²) in [5, 5.41) is 0. The predicted octanol–water partition coefficient (Wildman–Crippen LogP) is 4.57. The molecule has 3 heteroatoms. The van der Waals surface area contributed by atoms with Gasteiger partial charge in [0.2, 0.25) is 5.78 Å². The molecule has 0 aromatic heterocycles. The highest BCUT2D eigenvalue weighted by molar-refractivity contribution is 6.13. The van der Waals surface area contributed by atoms with Gasteiger partial charge < -0.3 is 9.47 Å². The summed E-state index contributed by atoms with van der Waals surface area (Å²) in [5.41, 5.74) is 2.56. The smallest absolute Gasteiger partial charge is 0.232 e. The van der Waals surface area contributed by atoms with Crippen molar-refractivity contribution in [2.75, 3.05) is 6.61 Å². The predicted molar refractivity (Wildman–Crippen MR) is 90.9 cm³/mol. The topological polar surface area (TPSA) is 35.5 Å². The average molecular weight is 306 g/mol. The number of hydrogen-bond acceptors (Lipinski definition) is 3. The van der Waals surface area contributed by atoms with E-state index >= 15 is 0 Å². The molecule has 1 aliphatic rings. The minimum Gasteiger partial charge on any atom is -0.494 e. The van der Waals surface area contributed by atoms with Gasteiger partial charge in [0.1, 0.15) is 11.5 Å². The minimum absolute atomic E-state index is 0.0849. The van der Waals surface area contributed by atoms with E-state index in [4.69, 9.17) is 9.47 Å². The van der Waals surface area contributed by atoms with Gasteiger partial charge >= 0.3 is 0 Å². The number of hydrogen-bond donors (Lipinski definition) is 0. The highest BCUT2D eigenvalue weighted by Gasteiger charge is 2.29. The number of carbonyl (C=O) groups excluding carboxylic acids is 1. The molecule has 3 rings (SSSR count). The molecule has 0 bridgehead atoms. The fraction of sp³-hybridized carbons (Fsp3) is 0.150. The van der Waals surface area contributed by atoms with Crippen molar-refractivity contribution >= 4 is 11.9 Å². The SMILES string of the molecule is CCOc1cc(C)c2c(c1)O/C(=C\C=C\c1ccccc1)C2=O. The van der Waals surface area contributed by atoms with E-state index in [9.17, 15) is 4.79 Å². The van der Waals surface area contributed by atoms with Gasteiger partial charge in [-0.25, -0.2) is 0 Å². The zero-order valence-electron chi connectivity index (χ0n) is 13.2. The first-order chi connectivity index (χ1) is 11.2. The molecule has 0 unspecified atom stereocenters. The quantitative estimate of drug-likeness (QED) is 0.776. The fourth-order valence-electron chi connectivity index (χ4n) is 2.55. The molecule has 2 aromatic carbocycles. The summed E-state index contributed by atoms with van der Waals surface area (Å²) in [6, 6.07) is 13.5. The number of ketones is 1. The molecule has 116 valence electrons. The van der Waals surface area contributed by atoms with Crippen LogP contribution in [-0.4, -0.2) is 12.4 Å². The van der Waals surface area contributed by atoms with Crippen LogP contribution in [0.25, 0.3) is 6.08 Å². The molecule has 0 saturated heterocycles. The third-order valence-corrected chi connectivity index (χ3v) is 3.59. The van der Waals surface area contributed by atoms with Crippen LogP contribution in [0.4, 0.5) is 0 Å². The normalized spacial score (nSPS) is 15.0. The Morgan fingerprint density at radius 3 is 2.70 bits per heavy atom. The summed E-state index contributed by atoms with van der Waals surface area (Å²) in [5.74, 6) is 1.54. The maximum absolute atomic E-state index is 12.5. The van der Waals surface area contributed by atoms with Crippen molar-refractivity contribution in [1.82, 2.24) is 0 Å². The molecular formula is C20H18O3. The molecule has 0 spiro atoms. The van der Waals surface area contributed by atoms with Crippen LogP contribution >= 0.6 is 0 Å². The summed E-state index contributed by atoms with van der Waals surface area (Å²) in [6.45, 7) is 4.40. The second kappa shape index (κ2) is 6.53. The van der Waals surface area contributed by atoms with Crippen LogP contribution in [0.5, 0.6) is 11.5 Å². The molecule has 2 aromatic rings. The first kappa shape index (κ1) is 15.1. The van der Waals surface area contributed by atoms with Crippen LogP contribution in [0.1, 0.15) is 28.4 Å². The van der Waals surface area contributed by atoms with Gasteiger partial charge in [0, 0.05) is 6.07 Å². The zero-order valence-corrected chi connectivity index (χ0v) is 13.2. The number of aryl methyl sites for hydroxylation is 1. The summed E-state index contributed by atoms with van der Waals surface area (Å²) in [7, 11) is 0. The molecule has 1 heterocycles. The van der Waals surface area contributed by atoms with E-state index in [0.717, 1.165) is 16.9 Å². The Hall–Kier alpha value is -2.81. The molecule has 3 nitrogen and oxygen atoms in total. The second-order valence-electron chi connectivity index (χ2n) is 5.28. The van der Waals surface area contributed by atoms with Crippen molar-refractivity contribution in [1.29, 1.82) is 0 Å². The second-order valence-corrected chi connectivity index (χ2v) is 5.28. The Labute approximate surface area is 135 Å². The third kappa shape index (κ3) is 3.19. The van der Waals surface area contributed by atoms with Crippen molar-refractivity contribution in [3.8, 4) is 11.5 Å². The fourth-order valence-corrected chi connectivity index (χ4v) is 2.55. The number of carbonyl (C=O) groups is 1. The van der Waals surface area contributed by atoms with E-state index in [0.29, 0.717) is 23.7 Å². The van der Waals surface area contributed by atoms with Gasteiger partial charge in [0.15, 0.2) is 5.76 Å². The Kier molecular flexibility index (Phi) is 4.29. The van der Waals surface area contributed by atoms with Gasteiger partial charge in [-0.15, -0.1) is 0 Å². The molecule has 0 aliphatic carbocycles. The van der Waals surface area contributed by atoms with Crippen molar-refractivity contribution in [3.05, 3.63) is 77.1 Å². The van der Waals surface area contributed by atoms with Gasteiger partial charge in [-0.2, -0.15) is 0 Å². The Bertz CT molecular complexity index is 786. The number of rotatable bonds is 4. The third-order valence-electron chi connectivity index (χ3n) is 3.59. The number of ether oxygens (including phenoxy) is 2. The zero-order chi connectivity index (χ0) is 16.2. The Balaban J connectivity index is 1.84.